The maximum atomic E-state index is 11.0. The van der Waals surface area contributed by atoms with Gasteiger partial charge in [0.25, 0.3) is 0 Å². The minimum atomic E-state index is 0.169. The van der Waals surface area contributed by atoms with Crippen molar-refractivity contribution in [3.63, 3.8) is 0 Å². The van der Waals surface area contributed by atoms with Gasteiger partial charge < -0.3 is 10.1 Å². The van der Waals surface area contributed by atoms with Gasteiger partial charge in [0, 0.05) is 12.5 Å². The zero-order valence-corrected chi connectivity index (χ0v) is 8.82. The molecule has 1 N–H and O–H groups in total. The van der Waals surface area contributed by atoms with Crippen LogP contribution in [0.15, 0.2) is 24.3 Å². The molecule has 1 atom stereocenters. The molecular formula is C12H15NO2. The molecule has 1 fully saturated rings. The van der Waals surface area contributed by atoms with Crippen molar-refractivity contribution in [2.24, 2.45) is 0 Å². The lowest BCUT2D eigenvalue weighted by Gasteiger charge is -2.10. The number of amides is 1. The molecule has 1 aromatic carbocycles. The van der Waals surface area contributed by atoms with E-state index in [0.717, 1.165) is 18.6 Å². The number of methoxy groups -OCH3 is 1. The average Bonchev–Trinajstić information content (AvgIpc) is 2.64. The Morgan fingerprint density at radius 3 is 3.07 bits per heavy atom. The van der Waals surface area contributed by atoms with E-state index in [1.165, 1.54) is 5.56 Å². The highest BCUT2D eigenvalue weighted by Crippen LogP contribution is 2.17. The van der Waals surface area contributed by atoms with Gasteiger partial charge in [0.2, 0.25) is 5.91 Å². The molecule has 1 saturated heterocycles. The smallest absolute Gasteiger partial charge is 0.220 e. The molecule has 3 nitrogen and oxygen atoms in total. The van der Waals surface area contributed by atoms with Crippen LogP contribution in [0.25, 0.3) is 0 Å². The molecule has 1 heterocycles. The van der Waals surface area contributed by atoms with Gasteiger partial charge in [-0.05, 0) is 30.5 Å². The fraction of sp³-hybridized carbons (Fsp3) is 0.417. The van der Waals surface area contributed by atoms with Gasteiger partial charge in [-0.25, -0.2) is 0 Å². The van der Waals surface area contributed by atoms with Crippen molar-refractivity contribution in [1.82, 2.24) is 5.32 Å². The van der Waals surface area contributed by atoms with Gasteiger partial charge in [-0.15, -0.1) is 0 Å². The van der Waals surface area contributed by atoms with Gasteiger partial charge in [-0.2, -0.15) is 0 Å². The Balaban J connectivity index is 2.01. The first-order valence-corrected chi connectivity index (χ1v) is 5.20. The van der Waals surface area contributed by atoms with Crippen molar-refractivity contribution >= 4 is 5.91 Å². The second kappa shape index (κ2) is 4.34. The van der Waals surface area contributed by atoms with Gasteiger partial charge in [0.15, 0.2) is 0 Å². The van der Waals surface area contributed by atoms with Crippen LogP contribution in [0, 0.1) is 0 Å². The molecule has 80 valence electrons. The van der Waals surface area contributed by atoms with E-state index in [2.05, 4.69) is 11.4 Å². The van der Waals surface area contributed by atoms with Crippen molar-refractivity contribution in [2.75, 3.05) is 7.11 Å². The minimum absolute atomic E-state index is 0.169. The van der Waals surface area contributed by atoms with Crippen LogP contribution in [0.3, 0.4) is 0 Å². The topological polar surface area (TPSA) is 38.3 Å². The number of carbonyl (C=O) groups excluding carboxylic acids is 1. The van der Waals surface area contributed by atoms with Crippen molar-refractivity contribution in [3.8, 4) is 5.75 Å². The lowest BCUT2D eigenvalue weighted by Crippen LogP contribution is -2.27. The third kappa shape index (κ3) is 2.49. The van der Waals surface area contributed by atoms with Gasteiger partial charge in [-0.3, -0.25) is 4.79 Å². The van der Waals surface area contributed by atoms with Crippen LogP contribution in [0.5, 0.6) is 5.75 Å². The second-order valence-electron chi connectivity index (χ2n) is 3.86. The van der Waals surface area contributed by atoms with Gasteiger partial charge in [0.05, 0.1) is 7.11 Å². The Morgan fingerprint density at radius 1 is 1.53 bits per heavy atom. The van der Waals surface area contributed by atoms with Crippen LogP contribution < -0.4 is 10.1 Å². The Morgan fingerprint density at radius 2 is 2.40 bits per heavy atom. The third-order valence-corrected chi connectivity index (χ3v) is 2.70. The Bertz CT molecular complexity index is 362. The fourth-order valence-corrected chi connectivity index (χ4v) is 1.91. The number of ether oxygens (including phenoxy) is 1. The normalized spacial score (nSPS) is 20.1. The number of nitrogens with one attached hydrogen (secondary N) is 1. The molecule has 0 saturated carbocycles. The molecule has 1 aromatic rings. The number of benzene rings is 1. The van der Waals surface area contributed by atoms with Crippen LogP contribution in [0.4, 0.5) is 0 Å². The van der Waals surface area contributed by atoms with E-state index in [1.807, 2.05) is 18.2 Å². The highest BCUT2D eigenvalue weighted by molar-refractivity contribution is 5.78. The molecule has 3 heteroatoms. The van der Waals surface area contributed by atoms with Crippen LogP contribution in [-0.4, -0.2) is 19.1 Å². The molecule has 0 spiro atoms. The van der Waals surface area contributed by atoms with E-state index < -0.39 is 0 Å². The molecule has 0 radical (unpaired) electrons. The molecule has 0 aliphatic carbocycles. The van der Waals surface area contributed by atoms with E-state index in [1.54, 1.807) is 7.11 Å². The molecular weight excluding hydrogens is 190 g/mol. The van der Waals surface area contributed by atoms with Crippen LogP contribution in [0.2, 0.25) is 0 Å². The monoisotopic (exact) mass is 205 g/mol. The predicted molar refractivity (Wildman–Crippen MR) is 57.9 cm³/mol. The molecule has 1 aliphatic heterocycles. The van der Waals surface area contributed by atoms with Crippen molar-refractivity contribution in [2.45, 2.75) is 25.3 Å². The maximum Gasteiger partial charge on any atom is 0.220 e. The molecule has 0 aromatic heterocycles. The Labute approximate surface area is 89.4 Å². The number of hydrogen-bond acceptors (Lipinski definition) is 2. The largest absolute Gasteiger partial charge is 0.497 e. The maximum absolute atomic E-state index is 11.0. The summed E-state index contributed by atoms with van der Waals surface area (Å²) in [7, 11) is 1.66. The summed E-state index contributed by atoms with van der Waals surface area (Å²) in [6.07, 6.45) is 2.49. The first kappa shape index (κ1) is 10.0. The highest BCUT2D eigenvalue weighted by Gasteiger charge is 2.20. The lowest BCUT2D eigenvalue weighted by atomic mass is 10.0. The molecule has 1 unspecified atom stereocenters. The summed E-state index contributed by atoms with van der Waals surface area (Å²) < 4.78 is 5.15. The van der Waals surface area contributed by atoms with Crippen molar-refractivity contribution in [1.29, 1.82) is 0 Å². The van der Waals surface area contributed by atoms with Gasteiger partial charge in [-0.1, -0.05) is 12.1 Å². The minimum Gasteiger partial charge on any atom is -0.497 e. The predicted octanol–water partition coefficient (Wildman–Crippen LogP) is 1.52. The van der Waals surface area contributed by atoms with E-state index in [-0.39, 0.29) is 5.91 Å². The van der Waals surface area contributed by atoms with Gasteiger partial charge >= 0.3 is 0 Å². The molecule has 0 bridgehead atoms. The zero-order valence-electron chi connectivity index (χ0n) is 8.82. The third-order valence-electron chi connectivity index (χ3n) is 2.70. The Hall–Kier alpha value is -1.51. The second-order valence-corrected chi connectivity index (χ2v) is 3.86. The van der Waals surface area contributed by atoms with Crippen molar-refractivity contribution in [3.05, 3.63) is 29.8 Å². The summed E-state index contributed by atoms with van der Waals surface area (Å²) in [6, 6.07) is 8.28. The van der Waals surface area contributed by atoms with Gasteiger partial charge in [0.1, 0.15) is 5.75 Å². The van der Waals surface area contributed by atoms with E-state index >= 15 is 0 Å². The SMILES string of the molecule is COc1cccc(CC2CCC(=O)N2)c1. The summed E-state index contributed by atoms with van der Waals surface area (Å²) in [5.41, 5.74) is 1.21. The molecule has 2 rings (SSSR count). The summed E-state index contributed by atoms with van der Waals surface area (Å²) in [5.74, 6) is 1.04. The Kier molecular flexibility index (Phi) is 2.90. The lowest BCUT2D eigenvalue weighted by molar-refractivity contribution is -0.119. The summed E-state index contributed by atoms with van der Waals surface area (Å²) in [5, 5.41) is 2.96. The van der Waals surface area contributed by atoms with E-state index in [0.29, 0.717) is 12.5 Å². The number of rotatable bonds is 3. The standard InChI is InChI=1S/C12H15NO2/c1-15-11-4-2-3-9(8-11)7-10-5-6-12(14)13-10/h2-4,8,10H,5-7H2,1H3,(H,13,14). The molecule has 1 aliphatic rings. The molecule has 1 amide bonds. The number of carbonyl (C=O) groups is 1. The first-order valence-electron chi connectivity index (χ1n) is 5.20. The summed E-state index contributed by atoms with van der Waals surface area (Å²) >= 11 is 0. The number of hydrogen-bond donors (Lipinski definition) is 1. The highest BCUT2D eigenvalue weighted by atomic mass is 16.5. The summed E-state index contributed by atoms with van der Waals surface area (Å²) in [4.78, 5) is 11.0. The van der Waals surface area contributed by atoms with E-state index in [9.17, 15) is 4.79 Å². The molecule has 15 heavy (non-hydrogen) atoms. The van der Waals surface area contributed by atoms with Crippen LogP contribution in [0.1, 0.15) is 18.4 Å². The fourth-order valence-electron chi connectivity index (χ4n) is 1.91. The summed E-state index contributed by atoms with van der Waals surface area (Å²) in [6.45, 7) is 0. The van der Waals surface area contributed by atoms with Crippen molar-refractivity contribution < 1.29 is 9.53 Å². The average molecular weight is 205 g/mol. The van der Waals surface area contributed by atoms with E-state index in [4.69, 9.17) is 4.74 Å². The van der Waals surface area contributed by atoms with Crippen LogP contribution in [-0.2, 0) is 11.2 Å². The quantitative estimate of drug-likeness (QED) is 0.812. The van der Waals surface area contributed by atoms with Crippen LogP contribution >= 0.6 is 0 Å². The first-order chi connectivity index (χ1) is 7.28. The zero-order chi connectivity index (χ0) is 10.7.